The summed E-state index contributed by atoms with van der Waals surface area (Å²) in [5, 5.41) is 6.45. The zero-order valence-electron chi connectivity index (χ0n) is 14.9. The number of nitrogens with one attached hydrogen (secondary N) is 2. The largest absolute Gasteiger partial charge is 0.490 e. The highest BCUT2D eigenvalue weighted by Gasteiger charge is 2.48. The summed E-state index contributed by atoms with van der Waals surface area (Å²) >= 11 is 0. The third-order valence-electron chi connectivity index (χ3n) is 4.77. The normalized spacial score (nSPS) is 24.1. The van der Waals surface area contributed by atoms with E-state index in [-0.39, 0.29) is 11.9 Å². The van der Waals surface area contributed by atoms with E-state index in [4.69, 9.17) is 9.47 Å². The van der Waals surface area contributed by atoms with E-state index in [9.17, 15) is 4.79 Å². The van der Waals surface area contributed by atoms with E-state index in [0.717, 1.165) is 12.1 Å². The molecule has 27 heavy (non-hydrogen) atoms. The van der Waals surface area contributed by atoms with Crippen molar-refractivity contribution in [3.05, 3.63) is 72.9 Å². The number of amides is 1. The molecule has 3 heterocycles. The van der Waals surface area contributed by atoms with Crippen LogP contribution in [0.1, 0.15) is 5.56 Å². The smallest absolute Gasteiger partial charge is 0.293 e. The van der Waals surface area contributed by atoms with Gasteiger partial charge in [0.1, 0.15) is 18.6 Å². The first-order valence-electron chi connectivity index (χ1n) is 9.00. The maximum Gasteiger partial charge on any atom is 0.293 e. The first kappa shape index (κ1) is 17.4. The zero-order chi connectivity index (χ0) is 18.5. The Labute approximate surface area is 158 Å². The zero-order valence-corrected chi connectivity index (χ0v) is 14.9. The second kappa shape index (κ2) is 7.67. The van der Waals surface area contributed by atoms with Crippen LogP contribution in [-0.4, -0.2) is 48.1 Å². The molecule has 2 aliphatic heterocycles. The molecule has 4 rings (SSSR count). The van der Waals surface area contributed by atoms with E-state index >= 15 is 0 Å². The average Bonchev–Trinajstić information content (AvgIpc) is 3.25. The van der Waals surface area contributed by atoms with Gasteiger partial charge in [0, 0.05) is 37.6 Å². The molecule has 2 aromatic rings. The van der Waals surface area contributed by atoms with E-state index in [1.54, 1.807) is 18.6 Å². The molecule has 0 radical (unpaired) electrons. The van der Waals surface area contributed by atoms with Gasteiger partial charge < -0.3 is 25.0 Å². The lowest BCUT2D eigenvalue weighted by Gasteiger charge is -2.40. The van der Waals surface area contributed by atoms with Crippen LogP contribution in [0.5, 0.6) is 5.75 Å². The quantitative estimate of drug-likeness (QED) is 0.828. The Hall–Kier alpha value is -3.06. The number of hydrogen-bond donors (Lipinski definition) is 2. The number of piperazine rings is 1. The highest BCUT2D eigenvalue weighted by Crippen LogP contribution is 2.30. The summed E-state index contributed by atoms with van der Waals surface area (Å²) < 4.78 is 11.7. The molecule has 2 aliphatic rings. The average molecular weight is 366 g/mol. The van der Waals surface area contributed by atoms with Gasteiger partial charge in [0.25, 0.3) is 11.6 Å². The molecule has 7 heteroatoms. The fraction of sp³-hybridized carbons (Fsp3) is 0.300. The van der Waals surface area contributed by atoms with Gasteiger partial charge >= 0.3 is 0 Å². The van der Waals surface area contributed by atoms with Crippen molar-refractivity contribution < 1.29 is 14.3 Å². The lowest BCUT2D eigenvalue weighted by Crippen LogP contribution is -2.62. The number of nitrogens with zero attached hydrogens (tertiary/aromatic N) is 2. The molecule has 0 saturated carbocycles. The molecule has 7 nitrogen and oxygen atoms in total. The summed E-state index contributed by atoms with van der Waals surface area (Å²) in [6.45, 7) is 2.35. The van der Waals surface area contributed by atoms with E-state index < -0.39 is 5.72 Å². The van der Waals surface area contributed by atoms with E-state index in [0.29, 0.717) is 25.4 Å². The topological polar surface area (TPSA) is 75.7 Å². The lowest BCUT2D eigenvalue weighted by atomic mass is 9.99. The van der Waals surface area contributed by atoms with Crippen molar-refractivity contribution in [1.82, 2.24) is 20.5 Å². The third kappa shape index (κ3) is 3.46. The summed E-state index contributed by atoms with van der Waals surface area (Å²) in [5.74, 6) is 0.560. The Morgan fingerprint density at radius 2 is 2.19 bits per heavy atom. The molecule has 0 spiro atoms. The van der Waals surface area contributed by atoms with E-state index in [1.165, 1.54) is 6.26 Å². The molecule has 2 unspecified atom stereocenters. The molecule has 140 valence electrons. The highest BCUT2D eigenvalue weighted by atomic mass is 16.5. The number of aromatic nitrogens is 1. The van der Waals surface area contributed by atoms with Crippen LogP contribution in [0.15, 0.2) is 67.3 Å². The van der Waals surface area contributed by atoms with Crippen molar-refractivity contribution in [2.45, 2.75) is 11.8 Å². The van der Waals surface area contributed by atoms with Gasteiger partial charge in [-0.05, 0) is 12.1 Å². The fourth-order valence-electron chi connectivity index (χ4n) is 3.39. The van der Waals surface area contributed by atoms with Crippen molar-refractivity contribution >= 4 is 5.91 Å². The lowest BCUT2D eigenvalue weighted by molar-refractivity contribution is -0.158. The van der Waals surface area contributed by atoms with Gasteiger partial charge in [0.2, 0.25) is 0 Å². The summed E-state index contributed by atoms with van der Waals surface area (Å²) in [6.07, 6.45) is 6.55. The van der Waals surface area contributed by atoms with Crippen LogP contribution in [0.3, 0.4) is 0 Å². The molecule has 1 aromatic heterocycles. The minimum Gasteiger partial charge on any atom is -0.490 e. The standard InChI is InChI=1S/C20H22N4O3/c25-19(20(23-10-12-27-20)16-5-2-1-3-6-16)24-11-9-22-13-17(24)15-26-18-7-4-8-21-14-18/h1-8,10,12,14,17,22-23H,9,11,13,15H2. The van der Waals surface area contributed by atoms with Crippen molar-refractivity contribution in [1.29, 1.82) is 0 Å². The molecule has 0 bridgehead atoms. The number of carbonyl (C=O) groups is 1. The van der Waals surface area contributed by atoms with Gasteiger partial charge in [-0.2, -0.15) is 0 Å². The van der Waals surface area contributed by atoms with Crippen LogP contribution >= 0.6 is 0 Å². The highest BCUT2D eigenvalue weighted by molar-refractivity contribution is 5.87. The maximum absolute atomic E-state index is 13.5. The Kier molecular flexibility index (Phi) is 4.93. The number of ether oxygens (including phenoxy) is 2. The van der Waals surface area contributed by atoms with Crippen molar-refractivity contribution in [3.8, 4) is 5.75 Å². The van der Waals surface area contributed by atoms with Crippen molar-refractivity contribution in [2.24, 2.45) is 0 Å². The number of benzene rings is 1. The van der Waals surface area contributed by atoms with Crippen LogP contribution in [0.2, 0.25) is 0 Å². The molecule has 1 saturated heterocycles. The first-order valence-corrected chi connectivity index (χ1v) is 9.00. The molecule has 1 fully saturated rings. The number of rotatable bonds is 5. The fourth-order valence-corrected chi connectivity index (χ4v) is 3.39. The Morgan fingerprint density at radius 3 is 2.93 bits per heavy atom. The van der Waals surface area contributed by atoms with E-state index in [1.807, 2.05) is 47.4 Å². The number of carbonyl (C=O) groups excluding carboxylic acids is 1. The second-order valence-electron chi connectivity index (χ2n) is 6.47. The predicted octanol–water partition coefficient (Wildman–Crippen LogP) is 1.20. The summed E-state index contributed by atoms with van der Waals surface area (Å²) in [4.78, 5) is 19.4. The van der Waals surface area contributed by atoms with Crippen LogP contribution in [0.4, 0.5) is 0 Å². The molecule has 0 aliphatic carbocycles. The third-order valence-corrected chi connectivity index (χ3v) is 4.77. The second-order valence-corrected chi connectivity index (χ2v) is 6.47. The van der Waals surface area contributed by atoms with Crippen molar-refractivity contribution in [3.63, 3.8) is 0 Å². The Bertz CT molecular complexity index is 789. The molecule has 1 amide bonds. The van der Waals surface area contributed by atoms with Gasteiger partial charge in [-0.3, -0.25) is 9.78 Å². The molecule has 2 N–H and O–H groups in total. The Morgan fingerprint density at radius 1 is 1.30 bits per heavy atom. The minimum absolute atomic E-state index is 0.113. The van der Waals surface area contributed by atoms with Gasteiger partial charge in [-0.25, -0.2) is 0 Å². The molecular formula is C20H22N4O3. The van der Waals surface area contributed by atoms with Crippen LogP contribution in [0, 0.1) is 0 Å². The summed E-state index contributed by atoms with van der Waals surface area (Å²) in [5.41, 5.74) is -0.462. The predicted molar refractivity (Wildman–Crippen MR) is 99.6 cm³/mol. The number of pyridine rings is 1. The van der Waals surface area contributed by atoms with Crippen LogP contribution < -0.4 is 15.4 Å². The monoisotopic (exact) mass is 366 g/mol. The van der Waals surface area contributed by atoms with E-state index in [2.05, 4.69) is 15.6 Å². The number of hydrogen-bond acceptors (Lipinski definition) is 6. The van der Waals surface area contributed by atoms with Gasteiger partial charge in [0.05, 0.1) is 12.2 Å². The molecule has 2 atom stereocenters. The maximum atomic E-state index is 13.5. The summed E-state index contributed by atoms with van der Waals surface area (Å²) in [6, 6.07) is 13.1. The van der Waals surface area contributed by atoms with Gasteiger partial charge in [0.15, 0.2) is 0 Å². The molecule has 1 aromatic carbocycles. The van der Waals surface area contributed by atoms with Crippen LogP contribution in [0.25, 0.3) is 0 Å². The summed E-state index contributed by atoms with van der Waals surface area (Å²) in [7, 11) is 0. The SMILES string of the molecule is O=C(N1CCNCC1COc1cccnc1)C1(c2ccccc2)NC=CO1. The Balaban J connectivity index is 1.54. The van der Waals surface area contributed by atoms with Crippen LogP contribution in [-0.2, 0) is 15.3 Å². The minimum atomic E-state index is -1.23. The van der Waals surface area contributed by atoms with Gasteiger partial charge in [-0.1, -0.05) is 30.3 Å². The van der Waals surface area contributed by atoms with Gasteiger partial charge in [-0.15, -0.1) is 0 Å². The first-order chi connectivity index (χ1) is 13.3. The molecular weight excluding hydrogens is 344 g/mol. The van der Waals surface area contributed by atoms with Crippen molar-refractivity contribution in [2.75, 3.05) is 26.2 Å².